The van der Waals surface area contributed by atoms with E-state index in [0.717, 1.165) is 75.2 Å². The number of aromatic nitrogens is 2. The predicted molar refractivity (Wildman–Crippen MR) is 165 cm³/mol. The average molecular weight is 587 g/mol. The van der Waals surface area contributed by atoms with Crippen molar-refractivity contribution in [3.05, 3.63) is 101 Å². The lowest BCUT2D eigenvalue weighted by molar-refractivity contribution is -0.137. The Morgan fingerprint density at radius 3 is 2.26 bits per heavy atom. The number of benzene rings is 3. The number of nitrogens with zero attached hydrogens (tertiary/aromatic N) is 4. The summed E-state index contributed by atoms with van der Waals surface area (Å²) in [6.45, 7) is 5.75. The number of imidazole rings is 1. The first-order valence-electron chi connectivity index (χ1n) is 15.9. The van der Waals surface area contributed by atoms with E-state index in [-0.39, 0.29) is 5.41 Å². The number of halogens is 3. The van der Waals surface area contributed by atoms with Crippen LogP contribution in [-0.2, 0) is 18.1 Å². The van der Waals surface area contributed by atoms with Gasteiger partial charge in [-0.25, -0.2) is 4.98 Å². The molecule has 1 aromatic heterocycles. The molecule has 3 fully saturated rings. The maximum absolute atomic E-state index is 13.8. The number of likely N-dealkylation sites (tertiary alicyclic amines) is 1. The molecular formula is C36H41F3N4. The van der Waals surface area contributed by atoms with Crippen LogP contribution in [0, 0.1) is 6.92 Å². The molecule has 4 nitrogen and oxygen atoms in total. The monoisotopic (exact) mass is 586 g/mol. The molecule has 0 aliphatic carbocycles. The van der Waals surface area contributed by atoms with Crippen LogP contribution < -0.4 is 0 Å². The van der Waals surface area contributed by atoms with E-state index in [4.69, 9.17) is 4.98 Å². The van der Waals surface area contributed by atoms with Gasteiger partial charge in [0.05, 0.1) is 16.6 Å². The fourth-order valence-electron chi connectivity index (χ4n) is 8.48. The number of rotatable bonds is 7. The van der Waals surface area contributed by atoms with Gasteiger partial charge in [-0.2, -0.15) is 13.2 Å². The number of hydrogen-bond donors (Lipinski definition) is 0. The van der Waals surface area contributed by atoms with Gasteiger partial charge in [0.2, 0.25) is 0 Å². The lowest BCUT2D eigenvalue weighted by atomic mass is 9.69. The van der Waals surface area contributed by atoms with E-state index in [1.807, 2.05) is 12.1 Å². The fourth-order valence-corrected chi connectivity index (χ4v) is 8.48. The van der Waals surface area contributed by atoms with Gasteiger partial charge in [0.1, 0.15) is 5.82 Å². The summed E-state index contributed by atoms with van der Waals surface area (Å²) >= 11 is 0. The van der Waals surface area contributed by atoms with E-state index in [0.29, 0.717) is 18.1 Å². The van der Waals surface area contributed by atoms with Gasteiger partial charge in [0.25, 0.3) is 0 Å². The zero-order valence-corrected chi connectivity index (χ0v) is 24.9. The van der Waals surface area contributed by atoms with Crippen molar-refractivity contribution in [1.29, 1.82) is 0 Å². The number of piperidine rings is 2. The molecule has 3 aliphatic rings. The largest absolute Gasteiger partial charge is 0.416 e. The van der Waals surface area contributed by atoms with Crippen molar-refractivity contribution in [3.63, 3.8) is 0 Å². The molecule has 7 rings (SSSR count). The van der Waals surface area contributed by atoms with E-state index in [2.05, 4.69) is 69.8 Å². The smallest absolute Gasteiger partial charge is 0.325 e. The number of aryl methyl sites for hydroxylation is 1. The molecule has 4 heterocycles. The van der Waals surface area contributed by atoms with Crippen LogP contribution in [0.1, 0.15) is 73.5 Å². The minimum atomic E-state index is -4.33. The van der Waals surface area contributed by atoms with Crippen LogP contribution in [0.15, 0.2) is 78.9 Å². The van der Waals surface area contributed by atoms with E-state index in [1.54, 1.807) is 6.07 Å². The minimum absolute atomic E-state index is 0.248. The van der Waals surface area contributed by atoms with Gasteiger partial charge in [-0.05, 0) is 106 Å². The molecule has 0 amide bonds. The minimum Gasteiger partial charge on any atom is -0.325 e. The van der Waals surface area contributed by atoms with Crippen molar-refractivity contribution in [1.82, 2.24) is 19.4 Å². The molecular weight excluding hydrogens is 545 g/mol. The summed E-state index contributed by atoms with van der Waals surface area (Å²) in [6, 6.07) is 26.6. The Labute approximate surface area is 252 Å². The highest BCUT2D eigenvalue weighted by atomic mass is 19.4. The van der Waals surface area contributed by atoms with Crippen molar-refractivity contribution in [2.75, 3.05) is 19.6 Å². The molecule has 0 N–H and O–H groups in total. The SMILES string of the molecule is Cc1nc2ccccc2n1[C@H]1C[C@H]2CC[C@@H](C1)N2CCC1(c2cccc(C(F)(F)F)c2)CCN(Cc2ccccc2)CC1. The Hall–Kier alpha value is -3.16. The zero-order valence-electron chi connectivity index (χ0n) is 24.9. The Kier molecular flexibility index (Phi) is 7.58. The Morgan fingerprint density at radius 1 is 0.837 bits per heavy atom. The van der Waals surface area contributed by atoms with Crippen LogP contribution in [0.25, 0.3) is 11.0 Å². The molecule has 3 aromatic carbocycles. The summed E-state index contributed by atoms with van der Waals surface area (Å²) in [5, 5.41) is 0. The van der Waals surface area contributed by atoms with E-state index >= 15 is 0 Å². The van der Waals surface area contributed by atoms with Crippen LogP contribution >= 0.6 is 0 Å². The molecule has 3 aliphatic heterocycles. The Morgan fingerprint density at radius 2 is 1.53 bits per heavy atom. The Balaban J connectivity index is 1.10. The maximum atomic E-state index is 13.8. The van der Waals surface area contributed by atoms with Crippen LogP contribution in [0.4, 0.5) is 13.2 Å². The van der Waals surface area contributed by atoms with Gasteiger partial charge in [-0.15, -0.1) is 0 Å². The summed E-state index contributed by atoms with van der Waals surface area (Å²) in [5.74, 6) is 1.09. The second-order valence-electron chi connectivity index (χ2n) is 13.1. The lowest BCUT2D eigenvalue weighted by Crippen LogP contribution is -2.48. The highest BCUT2D eigenvalue weighted by Gasteiger charge is 2.44. The maximum Gasteiger partial charge on any atom is 0.416 e. The summed E-state index contributed by atoms with van der Waals surface area (Å²) in [7, 11) is 0. The average Bonchev–Trinajstić information content (AvgIpc) is 3.47. The molecule has 0 spiro atoms. The van der Waals surface area contributed by atoms with E-state index < -0.39 is 11.7 Å². The zero-order chi connectivity index (χ0) is 29.6. The van der Waals surface area contributed by atoms with Gasteiger partial charge in [0.15, 0.2) is 0 Å². The molecule has 0 unspecified atom stereocenters. The third-order valence-electron chi connectivity index (χ3n) is 10.7. The second kappa shape index (κ2) is 11.4. The summed E-state index contributed by atoms with van der Waals surface area (Å²) in [4.78, 5) is 10.0. The third-order valence-corrected chi connectivity index (χ3v) is 10.7. The first-order chi connectivity index (χ1) is 20.8. The van der Waals surface area contributed by atoms with Crippen molar-refractivity contribution >= 4 is 11.0 Å². The number of para-hydroxylation sites is 2. The van der Waals surface area contributed by atoms with Crippen molar-refractivity contribution in [2.45, 2.75) is 88.1 Å². The summed E-state index contributed by atoms with van der Waals surface area (Å²) in [6.07, 6.45) is 2.96. The lowest BCUT2D eigenvalue weighted by Gasteiger charge is -2.46. The number of alkyl halides is 3. The number of hydrogen-bond acceptors (Lipinski definition) is 3. The first kappa shape index (κ1) is 28.6. The highest BCUT2D eigenvalue weighted by Crippen LogP contribution is 2.46. The normalized spacial score (nSPS) is 24.5. The van der Waals surface area contributed by atoms with Crippen LogP contribution in [-0.4, -0.2) is 51.1 Å². The Bertz CT molecular complexity index is 1540. The molecule has 2 bridgehead atoms. The molecule has 226 valence electrons. The van der Waals surface area contributed by atoms with Gasteiger partial charge in [-0.3, -0.25) is 9.80 Å². The van der Waals surface area contributed by atoms with Crippen molar-refractivity contribution in [3.8, 4) is 0 Å². The molecule has 43 heavy (non-hydrogen) atoms. The van der Waals surface area contributed by atoms with Crippen LogP contribution in [0.3, 0.4) is 0 Å². The predicted octanol–water partition coefficient (Wildman–Crippen LogP) is 8.16. The standard InChI is InChI=1S/C36H41F3N4/c1-26-40-33-12-5-6-13-34(33)43(26)32-23-30-14-15-31(24-32)42(30)21-18-35(28-10-7-11-29(22-28)36(37,38)39)16-19-41(20-17-35)25-27-8-3-2-4-9-27/h2-13,22,30-32H,14-21,23-25H2,1H3/t30-,31+,32+. The molecule has 0 saturated carbocycles. The topological polar surface area (TPSA) is 24.3 Å². The first-order valence-corrected chi connectivity index (χ1v) is 15.9. The van der Waals surface area contributed by atoms with Crippen LogP contribution in [0.5, 0.6) is 0 Å². The summed E-state index contributed by atoms with van der Waals surface area (Å²) < 4.78 is 43.9. The van der Waals surface area contributed by atoms with Gasteiger partial charge >= 0.3 is 6.18 Å². The van der Waals surface area contributed by atoms with Crippen LogP contribution in [0.2, 0.25) is 0 Å². The molecule has 7 heteroatoms. The van der Waals surface area contributed by atoms with E-state index in [1.165, 1.54) is 36.1 Å². The van der Waals surface area contributed by atoms with Crippen molar-refractivity contribution in [2.24, 2.45) is 0 Å². The quantitative estimate of drug-likeness (QED) is 0.218. The van der Waals surface area contributed by atoms with Gasteiger partial charge < -0.3 is 4.57 Å². The van der Waals surface area contributed by atoms with E-state index in [9.17, 15) is 13.2 Å². The van der Waals surface area contributed by atoms with Crippen molar-refractivity contribution < 1.29 is 13.2 Å². The molecule has 0 radical (unpaired) electrons. The highest BCUT2D eigenvalue weighted by molar-refractivity contribution is 5.76. The second-order valence-corrected chi connectivity index (χ2v) is 13.1. The van der Waals surface area contributed by atoms with Gasteiger partial charge in [0, 0.05) is 24.7 Å². The molecule has 3 saturated heterocycles. The number of fused-ring (bicyclic) bond motifs is 3. The molecule has 3 atom stereocenters. The fraction of sp³-hybridized carbons (Fsp3) is 0.472. The third kappa shape index (κ3) is 5.62. The molecule has 4 aromatic rings. The van der Waals surface area contributed by atoms with Gasteiger partial charge in [-0.1, -0.05) is 60.7 Å². The summed E-state index contributed by atoms with van der Waals surface area (Å²) in [5.41, 5.74) is 3.67.